The minimum atomic E-state index is -0.620. The van der Waals surface area contributed by atoms with Crippen LogP contribution in [0.4, 0.5) is 4.39 Å². The Morgan fingerprint density at radius 1 is 1.33 bits per heavy atom. The lowest BCUT2D eigenvalue weighted by Crippen LogP contribution is -2.47. The Morgan fingerprint density at radius 3 is 2.00 bits per heavy atom. The van der Waals surface area contributed by atoms with Crippen molar-refractivity contribution in [2.24, 2.45) is 5.41 Å². The van der Waals surface area contributed by atoms with Crippen molar-refractivity contribution < 1.29 is 14.0 Å². The van der Waals surface area contributed by atoms with E-state index in [1.165, 1.54) is 0 Å². The number of aliphatic hydroxyl groups excluding tert-OH is 1. The van der Waals surface area contributed by atoms with Crippen LogP contribution in [0.3, 0.4) is 0 Å². The summed E-state index contributed by atoms with van der Waals surface area (Å²) in [7, 11) is 5.95. The van der Waals surface area contributed by atoms with Crippen LogP contribution in [0.25, 0.3) is 0 Å². The first-order valence-corrected chi connectivity index (χ1v) is 4.23. The van der Waals surface area contributed by atoms with Crippen molar-refractivity contribution in [3.05, 3.63) is 0 Å². The summed E-state index contributed by atoms with van der Waals surface area (Å²) < 4.78 is 13.1. The lowest BCUT2D eigenvalue weighted by atomic mass is 9.87. The molecular formula is C9H21FNO+. The van der Waals surface area contributed by atoms with Gasteiger partial charge in [-0.05, 0) is 0 Å². The molecule has 0 aromatic rings. The monoisotopic (exact) mass is 178 g/mol. The van der Waals surface area contributed by atoms with Gasteiger partial charge in [0.1, 0.15) is 12.6 Å². The third kappa shape index (κ3) is 4.02. The van der Waals surface area contributed by atoms with Crippen molar-refractivity contribution >= 4 is 0 Å². The molecule has 0 rings (SSSR count). The van der Waals surface area contributed by atoms with E-state index in [4.69, 9.17) is 0 Å². The van der Waals surface area contributed by atoms with Gasteiger partial charge in [0.2, 0.25) is 0 Å². The number of nitrogens with zero attached hydrogens (tertiary/aromatic N) is 1. The normalized spacial score (nSPS) is 16.2. The fraction of sp³-hybridized carbons (Fsp3) is 1.00. The lowest BCUT2D eigenvalue weighted by molar-refractivity contribution is -0.874. The third-order valence-corrected chi connectivity index (χ3v) is 1.97. The van der Waals surface area contributed by atoms with E-state index in [0.717, 1.165) is 0 Å². The zero-order chi connectivity index (χ0) is 9.99. The molecule has 0 aromatic carbocycles. The summed E-state index contributed by atoms with van der Waals surface area (Å²) in [6, 6.07) is 0. The van der Waals surface area contributed by atoms with Gasteiger partial charge in [0, 0.05) is 5.41 Å². The van der Waals surface area contributed by atoms with Crippen molar-refractivity contribution in [2.45, 2.75) is 20.0 Å². The Kier molecular flexibility index (Phi) is 3.66. The van der Waals surface area contributed by atoms with Crippen LogP contribution in [0.15, 0.2) is 0 Å². The predicted molar refractivity (Wildman–Crippen MR) is 48.7 cm³/mol. The lowest BCUT2D eigenvalue weighted by Gasteiger charge is -2.33. The van der Waals surface area contributed by atoms with E-state index in [0.29, 0.717) is 11.0 Å². The van der Waals surface area contributed by atoms with Crippen LogP contribution in [-0.2, 0) is 0 Å². The summed E-state index contributed by atoms with van der Waals surface area (Å²) in [5.74, 6) is 0. The van der Waals surface area contributed by atoms with E-state index >= 15 is 0 Å². The SMILES string of the molecule is CC(C)(CF)C(O)C[N+](C)(C)C. The summed E-state index contributed by atoms with van der Waals surface area (Å²) in [5, 5.41) is 9.66. The maximum Gasteiger partial charge on any atom is 0.110 e. The molecule has 74 valence electrons. The Morgan fingerprint density at radius 2 is 1.75 bits per heavy atom. The van der Waals surface area contributed by atoms with Crippen LogP contribution in [0.1, 0.15) is 13.8 Å². The number of aliphatic hydroxyl groups is 1. The highest BCUT2D eigenvalue weighted by Gasteiger charge is 2.31. The summed E-state index contributed by atoms with van der Waals surface area (Å²) in [4.78, 5) is 0. The first-order valence-electron chi connectivity index (χ1n) is 4.23. The number of rotatable bonds is 4. The summed E-state index contributed by atoms with van der Waals surface area (Å²) in [6.07, 6.45) is -0.581. The largest absolute Gasteiger partial charge is 0.387 e. The first kappa shape index (κ1) is 11.8. The van der Waals surface area contributed by atoms with Gasteiger partial charge in [-0.25, -0.2) is 0 Å². The summed E-state index contributed by atoms with van der Waals surface area (Å²) in [5.41, 5.74) is -0.620. The number of hydrogen-bond acceptors (Lipinski definition) is 1. The molecule has 0 saturated heterocycles. The molecule has 0 amide bonds. The number of likely N-dealkylation sites (N-methyl/N-ethyl adjacent to an activating group) is 1. The second-order valence-electron chi connectivity index (χ2n) is 5.11. The number of quaternary nitrogens is 1. The molecule has 0 fully saturated rings. The van der Waals surface area contributed by atoms with Crippen LogP contribution in [-0.4, -0.2) is 50.1 Å². The summed E-state index contributed by atoms with van der Waals surface area (Å²) in [6.45, 7) is 3.59. The van der Waals surface area contributed by atoms with E-state index in [2.05, 4.69) is 0 Å². The Bertz CT molecular complexity index is 140. The van der Waals surface area contributed by atoms with E-state index in [9.17, 15) is 9.50 Å². The van der Waals surface area contributed by atoms with Crippen molar-refractivity contribution in [1.82, 2.24) is 0 Å². The smallest absolute Gasteiger partial charge is 0.110 e. The van der Waals surface area contributed by atoms with Gasteiger partial charge < -0.3 is 9.59 Å². The molecule has 0 aliphatic heterocycles. The van der Waals surface area contributed by atoms with Crippen LogP contribution in [0, 0.1) is 5.41 Å². The predicted octanol–water partition coefficient (Wildman–Crippen LogP) is 1.05. The van der Waals surface area contributed by atoms with Crippen molar-refractivity contribution in [2.75, 3.05) is 34.4 Å². The van der Waals surface area contributed by atoms with Gasteiger partial charge in [-0.2, -0.15) is 0 Å². The van der Waals surface area contributed by atoms with Gasteiger partial charge in [0.05, 0.1) is 27.8 Å². The average molecular weight is 178 g/mol. The van der Waals surface area contributed by atoms with Crippen LogP contribution < -0.4 is 0 Å². The van der Waals surface area contributed by atoms with Gasteiger partial charge >= 0.3 is 0 Å². The summed E-state index contributed by atoms with van der Waals surface area (Å²) >= 11 is 0. The average Bonchev–Trinajstić information content (AvgIpc) is 1.84. The minimum absolute atomic E-state index is 0.478. The second kappa shape index (κ2) is 3.71. The molecule has 0 bridgehead atoms. The molecule has 0 saturated carbocycles. The molecule has 3 heteroatoms. The highest BCUT2D eigenvalue weighted by atomic mass is 19.1. The van der Waals surface area contributed by atoms with Crippen LogP contribution in [0.5, 0.6) is 0 Å². The van der Waals surface area contributed by atoms with Crippen molar-refractivity contribution in [1.29, 1.82) is 0 Å². The fourth-order valence-electron chi connectivity index (χ4n) is 0.855. The number of hydrogen-bond donors (Lipinski definition) is 1. The zero-order valence-electron chi connectivity index (χ0n) is 8.76. The van der Waals surface area contributed by atoms with Gasteiger partial charge in [-0.3, -0.25) is 4.39 Å². The van der Waals surface area contributed by atoms with Crippen molar-refractivity contribution in [3.8, 4) is 0 Å². The molecule has 0 spiro atoms. The maximum atomic E-state index is 12.4. The van der Waals surface area contributed by atoms with E-state index in [-0.39, 0.29) is 0 Å². The fourth-order valence-corrected chi connectivity index (χ4v) is 0.855. The number of halogens is 1. The molecule has 12 heavy (non-hydrogen) atoms. The topological polar surface area (TPSA) is 20.2 Å². The van der Waals surface area contributed by atoms with Gasteiger partial charge in [-0.1, -0.05) is 13.8 Å². The van der Waals surface area contributed by atoms with Crippen LogP contribution >= 0.6 is 0 Å². The quantitative estimate of drug-likeness (QED) is 0.638. The second-order valence-corrected chi connectivity index (χ2v) is 5.11. The molecule has 1 unspecified atom stereocenters. The molecule has 0 aliphatic rings. The third-order valence-electron chi connectivity index (χ3n) is 1.97. The number of alkyl halides is 1. The van der Waals surface area contributed by atoms with Crippen LogP contribution in [0.2, 0.25) is 0 Å². The first-order chi connectivity index (χ1) is 5.19. The Labute approximate surface area is 74.6 Å². The van der Waals surface area contributed by atoms with Gasteiger partial charge in [0.15, 0.2) is 0 Å². The molecule has 0 heterocycles. The molecule has 2 nitrogen and oxygen atoms in total. The zero-order valence-corrected chi connectivity index (χ0v) is 8.76. The molecular weight excluding hydrogens is 157 g/mol. The highest BCUT2D eigenvalue weighted by molar-refractivity contribution is 4.76. The Hall–Kier alpha value is -0.150. The highest BCUT2D eigenvalue weighted by Crippen LogP contribution is 2.22. The van der Waals surface area contributed by atoms with E-state index in [1.807, 2.05) is 21.1 Å². The van der Waals surface area contributed by atoms with Gasteiger partial charge in [-0.15, -0.1) is 0 Å². The molecule has 0 aliphatic carbocycles. The van der Waals surface area contributed by atoms with E-state index in [1.54, 1.807) is 13.8 Å². The molecule has 1 N–H and O–H groups in total. The molecule has 0 radical (unpaired) electrons. The van der Waals surface area contributed by atoms with E-state index < -0.39 is 18.2 Å². The van der Waals surface area contributed by atoms with Crippen molar-refractivity contribution in [3.63, 3.8) is 0 Å². The maximum absolute atomic E-state index is 12.4. The minimum Gasteiger partial charge on any atom is -0.387 e. The molecule has 1 atom stereocenters. The molecule has 0 aromatic heterocycles. The van der Waals surface area contributed by atoms with Gasteiger partial charge in [0.25, 0.3) is 0 Å². The standard InChI is InChI=1S/C9H21FNO/c1-9(2,7-10)8(12)6-11(3,4)5/h8,12H,6-7H2,1-5H3/q+1. The Balaban J connectivity index is 4.13.